The Morgan fingerprint density at radius 1 is 1.55 bits per heavy atom. The van der Waals surface area contributed by atoms with E-state index >= 15 is 0 Å². The Morgan fingerprint density at radius 2 is 2.40 bits per heavy atom. The maximum Gasteiger partial charge on any atom is 0.256 e. The fourth-order valence-electron chi connectivity index (χ4n) is 1.62. The summed E-state index contributed by atoms with van der Waals surface area (Å²) in [7, 11) is 0. The van der Waals surface area contributed by atoms with Crippen LogP contribution in [0, 0.1) is 6.92 Å². The summed E-state index contributed by atoms with van der Waals surface area (Å²) in [5.41, 5.74) is 0.483. The lowest BCUT2D eigenvalue weighted by Crippen LogP contribution is -2.30. The number of hydrogen-bond acceptors (Lipinski definition) is 4. The average Bonchev–Trinajstić information content (AvgIpc) is 2.94. The molecule has 0 atom stereocenters. The molecule has 104 valence electrons. The van der Waals surface area contributed by atoms with Crippen LogP contribution in [0.1, 0.15) is 11.3 Å². The molecule has 1 amide bonds. The van der Waals surface area contributed by atoms with Crippen molar-refractivity contribution in [1.82, 2.24) is 14.9 Å². The quantitative estimate of drug-likeness (QED) is 0.824. The Labute approximate surface area is 115 Å². The van der Waals surface area contributed by atoms with Crippen LogP contribution >= 0.6 is 0 Å². The summed E-state index contributed by atoms with van der Waals surface area (Å²) in [6, 6.07) is 3.50. The van der Waals surface area contributed by atoms with Crippen LogP contribution in [0.25, 0.3) is 6.08 Å². The van der Waals surface area contributed by atoms with E-state index in [0.29, 0.717) is 24.4 Å². The summed E-state index contributed by atoms with van der Waals surface area (Å²) in [4.78, 5) is 27.2. The number of carbonyl (C=O) groups is 1. The van der Waals surface area contributed by atoms with E-state index in [1.54, 1.807) is 25.1 Å². The Bertz CT molecular complexity index is 657. The van der Waals surface area contributed by atoms with Crippen molar-refractivity contribution < 1.29 is 9.21 Å². The first-order valence-electron chi connectivity index (χ1n) is 6.17. The lowest BCUT2D eigenvalue weighted by atomic mass is 10.3. The van der Waals surface area contributed by atoms with Crippen molar-refractivity contribution in [3.63, 3.8) is 0 Å². The van der Waals surface area contributed by atoms with Gasteiger partial charge in [0.25, 0.3) is 5.56 Å². The Morgan fingerprint density at radius 3 is 3.15 bits per heavy atom. The van der Waals surface area contributed by atoms with Gasteiger partial charge >= 0.3 is 0 Å². The van der Waals surface area contributed by atoms with Gasteiger partial charge < -0.3 is 9.73 Å². The first kappa shape index (κ1) is 13.8. The first-order chi connectivity index (χ1) is 9.66. The van der Waals surface area contributed by atoms with Gasteiger partial charge in [0.15, 0.2) is 0 Å². The molecule has 0 spiro atoms. The van der Waals surface area contributed by atoms with E-state index < -0.39 is 0 Å². The molecule has 0 aliphatic rings. The minimum absolute atomic E-state index is 0.0969. The van der Waals surface area contributed by atoms with E-state index in [0.717, 1.165) is 0 Å². The monoisotopic (exact) mass is 273 g/mol. The van der Waals surface area contributed by atoms with Crippen molar-refractivity contribution in [1.29, 1.82) is 0 Å². The number of aryl methyl sites for hydroxylation is 1. The minimum Gasteiger partial charge on any atom is -0.465 e. The van der Waals surface area contributed by atoms with Crippen LogP contribution in [0.5, 0.6) is 0 Å². The van der Waals surface area contributed by atoms with Crippen LogP contribution in [-0.2, 0) is 11.3 Å². The Balaban J connectivity index is 1.82. The van der Waals surface area contributed by atoms with Crippen molar-refractivity contribution >= 4 is 12.0 Å². The molecule has 1 N–H and O–H groups in total. The van der Waals surface area contributed by atoms with Gasteiger partial charge in [-0.05, 0) is 25.1 Å². The van der Waals surface area contributed by atoms with E-state index in [9.17, 15) is 9.59 Å². The van der Waals surface area contributed by atoms with Gasteiger partial charge in [0, 0.05) is 30.9 Å². The number of hydrogen-bond donors (Lipinski definition) is 1. The number of amides is 1. The highest BCUT2D eigenvalue weighted by atomic mass is 16.3. The van der Waals surface area contributed by atoms with Crippen LogP contribution in [0.4, 0.5) is 0 Å². The van der Waals surface area contributed by atoms with Crippen LogP contribution in [0.2, 0.25) is 0 Å². The first-order valence-corrected chi connectivity index (χ1v) is 6.17. The van der Waals surface area contributed by atoms with Crippen molar-refractivity contribution in [2.75, 3.05) is 6.54 Å². The molecule has 0 aliphatic heterocycles. The lowest BCUT2D eigenvalue weighted by molar-refractivity contribution is -0.116. The molecule has 0 radical (unpaired) electrons. The molecule has 0 fully saturated rings. The van der Waals surface area contributed by atoms with Crippen molar-refractivity contribution in [3.05, 3.63) is 58.7 Å². The van der Waals surface area contributed by atoms with E-state index in [1.165, 1.54) is 29.4 Å². The maximum absolute atomic E-state index is 11.7. The second-order valence-corrected chi connectivity index (χ2v) is 4.21. The molecular weight excluding hydrogens is 258 g/mol. The van der Waals surface area contributed by atoms with Gasteiger partial charge in [-0.25, -0.2) is 4.98 Å². The Kier molecular flexibility index (Phi) is 4.49. The highest BCUT2D eigenvalue weighted by Gasteiger charge is 2.00. The molecule has 0 aliphatic carbocycles. The van der Waals surface area contributed by atoms with Gasteiger partial charge in [-0.15, -0.1) is 0 Å². The van der Waals surface area contributed by atoms with E-state index in [-0.39, 0.29) is 11.5 Å². The Hall–Kier alpha value is -2.63. The van der Waals surface area contributed by atoms with Gasteiger partial charge in [0.05, 0.1) is 12.6 Å². The number of furan rings is 1. The van der Waals surface area contributed by atoms with E-state index in [1.807, 2.05) is 0 Å². The summed E-state index contributed by atoms with van der Waals surface area (Å²) < 4.78 is 6.53. The topological polar surface area (TPSA) is 77.1 Å². The molecule has 6 nitrogen and oxygen atoms in total. The molecule has 20 heavy (non-hydrogen) atoms. The fourth-order valence-corrected chi connectivity index (χ4v) is 1.62. The number of nitrogens with one attached hydrogen (secondary N) is 1. The second kappa shape index (κ2) is 6.51. The predicted octanol–water partition coefficient (Wildman–Crippen LogP) is 0.974. The predicted molar refractivity (Wildman–Crippen MR) is 74.0 cm³/mol. The zero-order valence-corrected chi connectivity index (χ0v) is 11.1. The van der Waals surface area contributed by atoms with Crippen LogP contribution in [0.15, 0.2) is 46.2 Å². The zero-order chi connectivity index (χ0) is 14.4. The molecule has 0 saturated carbocycles. The van der Waals surface area contributed by atoms with Gasteiger partial charge in [-0.1, -0.05) is 0 Å². The lowest BCUT2D eigenvalue weighted by Gasteiger charge is -2.05. The second-order valence-electron chi connectivity index (χ2n) is 4.21. The number of aromatic nitrogens is 2. The van der Waals surface area contributed by atoms with Crippen LogP contribution < -0.4 is 10.9 Å². The van der Waals surface area contributed by atoms with Gasteiger partial charge in [0.1, 0.15) is 5.76 Å². The third-order valence-electron chi connectivity index (χ3n) is 2.67. The fraction of sp³-hybridized carbons (Fsp3) is 0.214. The summed E-state index contributed by atoms with van der Waals surface area (Å²) in [6.07, 6.45) is 7.48. The molecule has 6 heteroatoms. The molecule has 0 saturated heterocycles. The van der Waals surface area contributed by atoms with Crippen LogP contribution in [-0.4, -0.2) is 22.0 Å². The summed E-state index contributed by atoms with van der Waals surface area (Å²) in [5, 5.41) is 2.69. The van der Waals surface area contributed by atoms with Gasteiger partial charge in [0.2, 0.25) is 5.91 Å². The minimum atomic E-state index is -0.241. The van der Waals surface area contributed by atoms with E-state index in [4.69, 9.17) is 4.42 Å². The number of rotatable bonds is 5. The maximum atomic E-state index is 11.7. The molecular formula is C14H15N3O3. The molecule has 2 heterocycles. The summed E-state index contributed by atoms with van der Waals surface area (Å²) in [6.45, 7) is 2.44. The van der Waals surface area contributed by atoms with Crippen molar-refractivity contribution in [2.45, 2.75) is 13.5 Å². The molecule has 0 bridgehead atoms. The normalized spacial score (nSPS) is 10.8. The molecule has 2 aromatic heterocycles. The smallest absolute Gasteiger partial charge is 0.256 e. The highest BCUT2D eigenvalue weighted by molar-refractivity contribution is 5.91. The van der Waals surface area contributed by atoms with Crippen molar-refractivity contribution in [3.8, 4) is 0 Å². The van der Waals surface area contributed by atoms with Gasteiger partial charge in [-0.2, -0.15) is 0 Å². The molecule has 0 unspecified atom stereocenters. The highest BCUT2D eigenvalue weighted by Crippen LogP contribution is 2.01. The number of nitrogens with zero attached hydrogens (tertiary/aromatic N) is 2. The third kappa shape index (κ3) is 3.68. The SMILES string of the molecule is Cc1cncn(CCNC(=O)/C=C/c2ccco2)c1=O. The summed E-state index contributed by atoms with van der Waals surface area (Å²) in [5.74, 6) is 0.370. The standard InChI is InChI=1S/C14H15N3O3/c1-11-9-15-10-17(14(11)19)7-6-16-13(18)5-4-12-3-2-8-20-12/h2-5,8-10H,6-7H2,1H3,(H,16,18)/b5-4+. The van der Waals surface area contributed by atoms with Gasteiger partial charge in [-0.3, -0.25) is 14.2 Å². The average molecular weight is 273 g/mol. The van der Waals surface area contributed by atoms with Crippen LogP contribution in [0.3, 0.4) is 0 Å². The third-order valence-corrected chi connectivity index (χ3v) is 2.67. The van der Waals surface area contributed by atoms with E-state index in [2.05, 4.69) is 10.3 Å². The number of carbonyl (C=O) groups excluding carboxylic acids is 1. The molecule has 2 rings (SSSR count). The molecule has 0 aromatic carbocycles. The largest absolute Gasteiger partial charge is 0.465 e. The summed E-state index contributed by atoms with van der Waals surface area (Å²) >= 11 is 0. The van der Waals surface area contributed by atoms with Crippen molar-refractivity contribution in [2.24, 2.45) is 0 Å². The molecule has 2 aromatic rings. The zero-order valence-electron chi connectivity index (χ0n) is 11.1.